The average molecular weight is 480 g/mol. The number of rotatable bonds is 6. The van der Waals surface area contributed by atoms with Gasteiger partial charge in [-0.05, 0) is 46.9 Å². The van der Waals surface area contributed by atoms with Crippen LogP contribution in [0.15, 0.2) is 77.3 Å². The number of alkyl carbamates (subject to hydrolysis) is 1. The molecule has 2 N–H and O–H groups in total. The van der Waals surface area contributed by atoms with E-state index in [1.54, 1.807) is 0 Å². The van der Waals surface area contributed by atoms with E-state index in [4.69, 9.17) is 4.74 Å². The van der Waals surface area contributed by atoms with E-state index in [9.17, 15) is 14.7 Å². The fraction of sp³-hybridized carbons (Fsp3) is 0.200. The first-order valence-corrected chi connectivity index (χ1v) is 10.8. The van der Waals surface area contributed by atoms with Gasteiger partial charge in [0.05, 0.1) is 0 Å². The van der Waals surface area contributed by atoms with Gasteiger partial charge in [0.15, 0.2) is 0 Å². The Bertz CT molecular complexity index is 1100. The summed E-state index contributed by atoms with van der Waals surface area (Å²) in [6.07, 6.45) is -0.617. The van der Waals surface area contributed by atoms with Crippen LogP contribution in [0.1, 0.15) is 29.5 Å². The predicted molar refractivity (Wildman–Crippen MR) is 122 cm³/mol. The minimum absolute atomic E-state index is 0.0840. The largest absolute Gasteiger partial charge is 0.480 e. The fourth-order valence-electron chi connectivity index (χ4n) is 4.09. The van der Waals surface area contributed by atoms with Gasteiger partial charge in [0.2, 0.25) is 0 Å². The fourth-order valence-corrected chi connectivity index (χ4v) is 4.53. The van der Waals surface area contributed by atoms with Crippen molar-refractivity contribution in [1.29, 1.82) is 0 Å². The summed E-state index contributed by atoms with van der Waals surface area (Å²) in [5.74, 6) is -1.21. The van der Waals surface area contributed by atoms with Crippen LogP contribution in [-0.2, 0) is 16.0 Å². The first kappa shape index (κ1) is 21.1. The van der Waals surface area contributed by atoms with Gasteiger partial charge in [-0.25, -0.2) is 9.59 Å². The number of hydrogen-bond donors (Lipinski definition) is 2. The standard InChI is InChI=1S/C25H22BrNO4/c1-25(23(28)29,14-16-7-6-8-17(26)13-16)27-24(30)31-15-22-20-11-4-2-9-18(20)19-10-3-5-12-21(19)22/h2-13,22H,14-15H2,1H3,(H,27,30)(H,28,29). The lowest BCUT2D eigenvalue weighted by Crippen LogP contribution is -2.54. The number of halogens is 1. The Labute approximate surface area is 189 Å². The number of carbonyl (C=O) groups excluding carboxylic acids is 1. The zero-order valence-corrected chi connectivity index (χ0v) is 18.6. The molecular weight excluding hydrogens is 458 g/mol. The smallest absolute Gasteiger partial charge is 0.408 e. The quantitative estimate of drug-likeness (QED) is 0.497. The minimum atomic E-state index is -1.50. The van der Waals surface area contributed by atoms with Gasteiger partial charge >= 0.3 is 12.1 Å². The minimum Gasteiger partial charge on any atom is -0.480 e. The summed E-state index contributed by atoms with van der Waals surface area (Å²) in [7, 11) is 0. The van der Waals surface area contributed by atoms with Crippen LogP contribution in [0, 0.1) is 0 Å². The van der Waals surface area contributed by atoms with E-state index in [0.717, 1.165) is 32.3 Å². The van der Waals surface area contributed by atoms with Gasteiger partial charge in [-0.1, -0.05) is 76.6 Å². The van der Waals surface area contributed by atoms with E-state index in [-0.39, 0.29) is 18.9 Å². The van der Waals surface area contributed by atoms with Crippen molar-refractivity contribution in [3.05, 3.63) is 94.0 Å². The monoisotopic (exact) mass is 479 g/mol. The van der Waals surface area contributed by atoms with Gasteiger partial charge in [0.1, 0.15) is 12.1 Å². The van der Waals surface area contributed by atoms with Crippen molar-refractivity contribution in [2.24, 2.45) is 0 Å². The topological polar surface area (TPSA) is 75.6 Å². The molecule has 158 valence electrons. The van der Waals surface area contributed by atoms with Crippen LogP contribution in [0.25, 0.3) is 11.1 Å². The second-order valence-corrected chi connectivity index (χ2v) is 8.81. The highest BCUT2D eigenvalue weighted by Crippen LogP contribution is 2.44. The molecule has 0 saturated carbocycles. The molecule has 0 aromatic heterocycles. The molecule has 0 spiro atoms. The molecule has 0 saturated heterocycles. The van der Waals surface area contributed by atoms with Crippen LogP contribution in [0.5, 0.6) is 0 Å². The first-order valence-electron chi connectivity index (χ1n) is 9.98. The van der Waals surface area contributed by atoms with Crippen molar-refractivity contribution in [1.82, 2.24) is 5.32 Å². The first-order chi connectivity index (χ1) is 14.9. The Balaban J connectivity index is 1.47. The van der Waals surface area contributed by atoms with Gasteiger partial charge < -0.3 is 15.2 Å². The Morgan fingerprint density at radius 2 is 1.61 bits per heavy atom. The molecule has 0 fully saturated rings. The van der Waals surface area contributed by atoms with Crippen LogP contribution in [0.2, 0.25) is 0 Å². The second kappa shape index (κ2) is 8.55. The van der Waals surface area contributed by atoms with E-state index in [1.165, 1.54) is 6.92 Å². The molecule has 1 amide bonds. The maximum atomic E-state index is 12.6. The van der Waals surface area contributed by atoms with Crippen LogP contribution in [0.4, 0.5) is 4.79 Å². The van der Waals surface area contributed by atoms with E-state index >= 15 is 0 Å². The number of carboxylic acids is 1. The summed E-state index contributed by atoms with van der Waals surface area (Å²) in [6.45, 7) is 1.62. The lowest BCUT2D eigenvalue weighted by molar-refractivity contribution is -0.143. The molecule has 1 unspecified atom stereocenters. The van der Waals surface area contributed by atoms with E-state index in [1.807, 2.05) is 60.7 Å². The Morgan fingerprint density at radius 1 is 1.00 bits per heavy atom. The third-order valence-corrected chi connectivity index (χ3v) is 6.13. The second-order valence-electron chi connectivity index (χ2n) is 7.89. The molecule has 6 heteroatoms. The maximum absolute atomic E-state index is 12.6. The molecule has 0 aliphatic heterocycles. The van der Waals surface area contributed by atoms with Gasteiger partial charge in [0, 0.05) is 16.8 Å². The maximum Gasteiger partial charge on any atom is 0.408 e. The highest BCUT2D eigenvalue weighted by Gasteiger charge is 2.36. The van der Waals surface area contributed by atoms with Crippen molar-refractivity contribution in [2.75, 3.05) is 6.61 Å². The van der Waals surface area contributed by atoms with Gasteiger partial charge in [-0.2, -0.15) is 0 Å². The predicted octanol–water partition coefficient (Wildman–Crippen LogP) is 5.37. The van der Waals surface area contributed by atoms with Crippen molar-refractivity contribution >= 4 is 28.0 Å². The molecule has 1 atom stereocenters. The van der Waals surface area contributed by atoms with Crippen molar-refractivity contribution in [3.63, 3.8) is 0 Å². The zero-order valence-electron chi connectivity index (χ0n) is 17.0. The highest BCUT2D eigenvalue weighted by molar-refractivity contribution is 9.10. The van der Waals surface area contributed by atoms with Crippen molar-refractivity contribution < 1.29 is 19.4 Å². The number of aliphatic carboxylic acids is 1. The lowest BCUT2D eigenvalue weighted by Gasteiger charge is -2.26. The van der Waals surface area contributed by atoms with E-state index in [0.29, 0.717) is 0 Å². The molecule has 4 rings (SSSR count). The molecule has 3 aromatic rings. The number of hydrogen-bond acceptors (Lipinski definition) is 3. The van der Waals surface area contributed by atoms with Crippen molar-refractivity contribution in [3.8, 4) is 11.1 Å². The number of fused-ring (bicyclic) bond motifs is 3. The third kappa shape index (κ3) is 4.35. The van der Waals surface area contributed by atoms with Gasteiger partial charge in [0.25, 0.3) is 0 Å². The highest BCUT2D eigenvalue weighted by atomic mass is 79.9. The van der Waals surface area contributed by atoms with Crippen LogP contribution < -0.4 is 5.32 Å². The Morgan fingerprint density at radius 3 is 2.19 bits per heavy atom. The van der Waals surface area contributed by atoms with Gasteiger partial charge in [-0.3, -0.25) is 0 Å². The SMILES string of the molecule is CC(Cc1cccc(Br)c1)(NC(=O)OCC1c2ccccc2-c2ccccc21)C(=O)O. The summed E-state index contributed by atoms with van der Waals surface area (Å²) in [6, 6.07) is 23.5. The summed E-state index contributed by atoms with van der Waals surface area (Å²) < 4.78 is 6.37. The molecule has 31 heavy (non-hydrogen) atoms. The molecule has 1 aliphatic rings. The van der Waals surface area contributed by atoms with Gasteiger partial charge in [-0.15, -0.1) is 0 Å². The Hall–Kier alpha value is -3.12. The molecule has 0 heterocycles. The van der Waals surface area contributed by atoms with E-state index < -0.39 is 17.6 Å². The van der Waals surface area contributed by atoms with Crippen LogP contribution in [-0.4, -0.2) is 29.3 Å². The normalized spacial score (nSPS) is 14.3. The van der Waals surface area contributed by atoms with E-state index in [2.05, 4.69) is 33.4 Å². The third-order valence-electron chi connectivity index (χ3n) is 5.64. The molecule has 0 radical (unpaired) electrons. The summed E-state index contributed by atoms with van der Waals surface area (Å²) in [4.78, 5) is 24.5. The molecule has 3 aromatic carbocycles. The molecule has 0 bridgehead atoms. The number of carboxylic acid groups (broad SMARTS) is 1. The summed E-state index contributed by atoms with van der Waals surface area (Å²) >= 11 is 3.39. The van der Waals surface area contributed by atoms with Crippen molar-refractivity contribution in [2.45, 2.75) is 24.8 Å². The molecule has 1 aliphatic carbocycles. The number of benzene rings is 3. The number of nitrogens with one attached hydrogen (secondary N) is 1. The summed E-state index contributed by atoms with van der Waals surface area (Å²) in [5, 5.41) is 12.3. The Kier molecular flexibility index (Phi) is 5.83. The lowest BCUT2D eigenvalue weighted by atomic mass is 9.93. The molecule has 5 nitrogen and oxygen atoms in total. The average Bonchev–Trinajstić information content (AvgIpc) is 3.06. The summed E-state index contributed by atoms with van der Waals surface area (Å²) in [5.41, 5.74) is 3.77. The zero-order chi connectivity index (χ0) is 22.0. The number of carbonyl (C=O) groups is 2. The number of ether oxygens (including phenoxy) is 1. The molecular formula is C25H22BrNO4. The van der Waals surface area contributed by atoms with Crippen LogP contribution in [0.3, 0.4) is 0 Å². The number of amides is 1. The van der Waals surface area contributed by atoms with Crippen LogP contribution >= 0.6 is 15.9 Å².